The van der Waals surface area contributed by atoms with Gasteiger partial charge in [-0.15, -0.1) is 0 Å². The van der Waals surface area contributed by atoms with Gasteiger partial charge in [0, 0.05) is 39.4 Å². The minimum absolute atomic E-state index is 0.0417. The van der Waals surface area contributed by atoms with Gasteiger partial charge >= 0.3 is 0 Å². The second-order valence-electron chi connectivity index (χ2n) is 6.20. The molecule has 0 aliphatic carbocycles. The van der Waals surface area contributed by atoms with Crippen molar-refractivity contribution >= 4 is 11.7 Å². The van der Waals surface area contributed by atoms with Crippen LogP contribution in [0.25, 0.3) is 0 Å². The van der Waals surface area contributed by atoms with E-state index in [-0.39, 0.29) is 5.91 Å². The summed E-state index contributed by atoms with van der Waals surface area (Å²) in [6, 6.07) is 10.0. The molecular weight excluding hydrogens is 316 g/mol. The first-order valence-corrected chi connectivity index (χ1v) is 8.62. The van der Waals surface area contributed by atoms with E-state index in [1.54, 1.807) is 13.2 Å². The predicted molar refractivity (Wildman–Crippen MR) is 96.6 cm³/mol. The molecule has 1 N–H and O–H groups in total. The van der Waals surface area contributed by atoms with Crippen molar-refractivity contribution in [1.29, 1.82) is 0 Å². The number of ether oxygens (including phenoxy) is 1. The molecule has 0 bridgehead atoms. The van der Waals surface area contributed by atoms with Gasteiger partial charge in [0.1, 0.15) is 17.3 Å². The minimum Gasteiger partial charge on any atom is -0.385 e. The molecule has 1 aliphatic heterocycles. The van der Waals surface area contributed by atoms with E-state index in [1.165, 1.54) is 11.1 Å². The van der Waals surface area contributed by atoms with Gasteiger partial charge in [-0.25, -0.2) is 9.97 Å². The number of amides is 1. The molecule has 1 aromatic heterocycles. The Kier molecular flexibility index (Phi) is 5.60. The van der Waals surface area contributed by atoms with E-state index in [9.17, 15) is 4.79 Å². The highest BCUT2D eigenvalue weighted by molar-refractivity contribution is 5.93. The number of nitrogens with one attached hydrogen (secondary N) is 1. The van der Waals surface area contributed by atoms with E-state index < -0.39 is 0 Å². The number of carbonyl (C=O) groups is 1. The van der Waals surface area contributed by atoms with E-state index in [0.717, 1.165) is 25.9 Å². The zero-order valence-electron chi connectivity index (χ0n) is 14.8. The number of rotatable bonds is 6. The summed E-state index contributed by atoms with van der Waals surface area (Å²) in [7, 11) is 1.68. The molecule has 6 nitrogen and oxygen atoms in total. The highest BCUT2D eigenvalue weighted by Gasteiger charge is 2.23. The van der Waals surface area contributed by atoms with E-state index >= 15 is 0 Å². The SMILES string of the molecule is COCCCNc1cc(C(=O)N2CCc3ccccc3C2)nc(C)n1. The standard InChI is InChI=1S/C19H24N4O2/c1-14-21-17(12-18(22-14)20-9-5-11-25-2)19(24)23-10-8-15-6-3-4-7-16(15)13-23/h3-4,6-7,12H,5,8-11,13H2,1-2H3,(H,20,21,22). The lowest BCUT2D eigenvalue weighted by atomic mass is 10.00. The molecule has 6 heteroatoms. The average molecular weight is 340 g/mol. The van der Waals surface area contributed by atoms with Crippen LogP contribution in [0.15, 0.2) is 30.3 Å². The van der Waals surface area contributed by atoms with Crippen molar-refractivity contribution in [2.24, 2.45) is 0 Å². The Balaban J connectivity index is 1.71. The van der Waals surface area contributed by atoms with Gasteiger partial charge in [0.2, 0.25) is 0 Å². The summed E-state index contributed by atoms with van der Waals surface area (Å²) < 4.78 is 5.04. The molecule has 0 saturated carbocycles. The molecule has 2 heterocycles. The van der Waals surface area contributed by atoms with Crippen molar-refractivity contribution in [3.8, 4) is 0 Å². The molecule has 3 rings (SSSR count). The Morgan fingerprint density at radius 2 is 2.08 bits per heavy atom. The van der Waals surface area contributed by atoms with Gasteiger partial charge in [0.25, 0.3) is 5.91 Å². The molecule has 1 aromatic carbocycles. The Labute approximate surface area is 148 Å². The van der Waals surface area contributed by atoms with Crippen molar-refractivity contribution in [3.05, 3.63) is 53.0 Å². The van der Waals surface area contributed by atoms with Crippen LogP contribution in [0, 0.1) is 6.92 Å². The van der Waals surface area contributed by atoms with Crippen LogP contribution in [0.4, 0.5) is 5.82 Å². The number of hydrogen-bond acceptors (Lipinski definition) is 5. The van der Waals surface area contributed by atoms with Crippen LogP contribution in [0.3, 0.4) is 0 Å². The second kappa shape index (κ2) is 8.07. The number of aryl methyl sites for hydroxylation is 1. The normalized spacial score (nSPS) is 13.4. The molecule has 0 spiro atoms. The van der Waals surface area contributed by atoms with Crippen LogP contribution in [0.2, 0.25) is 0 Å². The number of methoxy groups -OCH3 is 1. The summed E-state index contributed by atoms with van der Waals surface area (Å²) in [5, 5.41) is 3.23. The predicted octanol–water partition coefficient (Wildman–Crippen LogP) is 2.43. The number of carbonyl (C=O) groups excluding carboxylic acids is 1. The number of nitrogens with zero attached hydrogens (tertiary/aromatic N) is 3. The fourth-order valence-corrected chi connectivity index (χ4v) is 3.03. The molecule has 0 fully saturated rings. The van der Waals surface area contributed by atoms with E-state index in [0.29, 0.717) is 30.5 Å². The molecule has 1 aliphatic rings. The van der Waals surface area contributed by atoms with Crippen molar-refractivity contribution < 1.29 is 9.53 Å². The zero-order valence-corrected chi connectivity index (χ0v) is 14.8. The summed E-state index contributed by atoms with van der Waals surface area (Å²) in [5.41, 5.74) is 2.98. The van der Waals surface area contributed by atoms with Crippen LogP contribution in [0.1, 0.15) is 33.9 Å². The van der Waals surface area contributed by atoms with Gasteiger partial charge < -0.3 is 15.0 Å². The molecule has 0 atom stereocenters. The number of aromatic nitrogens is 2. The molecule has 0 radical (unpaired) electrons. The Hall–Kier alpha value is -2.47. The summed E-state index contributed by atoms with van der Waals surface area (Å²) in [5.74, 6) is 1.24. The van der Waals surface area contributed by atoms with Gasteiger partial charge in [-0.05, 0) is 30.9 Å². The summed E-state index contributed by atoms with van der Waals surface area (Å²) in [4.78, 5) is 23.4. The highest BCUT2D eigenvalue weighted by atomic mass is 16.5. The number of anilines is 1. The van der Waals surface area contributed by atoms with E-state index in [4.69, 9.17) is 4.74 Å². The number of fused-ring (bicyclic) bond motifs is 1. The van der Waals surface area contributed by atoms with Gasteiger partial charge in [-0.1, -0.05) is 24.3 Å². The molecule has 2 aromatic rings. The van der Waals surface area contributed by atoms with Gasteiger partial charge in [0.05, 0.1) is 0 Å². The minimum atomic E-state index is -0.0417. The molecule has 1 amide bonds. The lowest BCUT2D eigenvalue weighted by Crippen LogP contribution is -2.36. The van der Waals surface area contributed by atoms with Crippen molar-refractivity contribution in [2.75, 3.05) is 32.1 Å². The van der Waals surface area contributed by atoms with Crippen LogP contribution < -0.4 is 5.32 Å². The first-order chi connectivity index (χ1) is 12.2. The fourth-order valence-electron chi connectivity index (χ4n) is 3.03. The average Bonchev–Trinajstić information content (AvgIpc) is 2.64. The fraction of sp³-hybridized carbons (Fsp3) is 0.421. The van der Waals surface area contributed by atoms with Crippen molar-refractivity contribution in [2.45, 2.75) is 26.3 Å². The molecule has 25 heavy (non-hydrogen) atoms. The topological polar surface area (TPSA) is 67.3 Å². The maximum atomic E-state index is 12.9. The lowest BCUT2D eigenvalue weighted by molar-refractivity contribution is 0.0728. The zero-order chi connectivity index (χ0) is 17.6. The van der Waals surface area contributed by atoms with E-state index in [1.807, 2.05) is 24.0 Å². The van der Waals surface area contributed by atoms with Crippen LogP contribution in [-0.2, 0) is 17.7 Å². The second-order valence-corrected chi connectivity index (χ2v) is 6.20. The number of benzene rings is 1. The van der Waals surface area contributed by atoms with Gasteiger partial charge in [-0.3, -0.25) is 4.79 Å². The third kappa shape index (κ3) is 4.33. The highest BCUT2D eigenvalue weighted by Crippen LogP contribution is 2.20. The Morgan fingerprint density at radius 1 is 1.28 bits per heavy atom. The first-order valence-electron chi connectivity index (χ1n) is 8.62. The Morgan fingerprint density at radius 3 is 2.88 bits per heavy atom. The van der Waals surface area contributed by atoms with Crippen LogP contribution in [0.5, 0.6) is 0 Å². The molecule has 0 saturated heterocycles. The van der Waals surface area contributed by atoms with Crippen molar-refractivity contribution in [1.82, 2.24) is 14.9 Å². The van der Waals surface area contributed by atoms with Crippen molar-refractivity contribution in [3.63, 3.8) is 0 Å². The monoisotopic (exact) mass is 340 g/mol. The quantitative estimate of drug-likeness (QED) is 0.818. The lowest BCUT2D eigenvalue weighted by Gasteiger charge is -2.28. The van der Waals surface area contributed by atoms with E-state index in [2.05, 4.69) is 27.4 Å². The van der Waals surface area contributed by atoms with Gasteiger partial charge in [0.15, 0.2) is 0 Å². The van der Waals surface area contributed by atoms with Crippen LogP contribution in [-0.4, -0.2) is 47.6 Å². The summed E-state index contributed by atoms with van der Waals surface area (Å²) >= 11 is 0. The smallest absolute Gasteiger partial charge is 0.272 e. The van der Waals surface area contributed by atoms with Crippen LogP contribution >= 0.6 is 0 Å². The molecule has 0 unspecified atom stereocenters. The first kappa shape index (κ1) is 17.4. The number of hydrogen-bond donors (Lipinski definition) is 1. The third-order valence-electron chi connectivity index (χ3n) is 4.31. The maximum Gasteiger partial charge on any atom is 0.272 e. The largest absolute Gasteiger partial charge is 0.385 e. The van der Waals surface area contributed by atoms with Gasteiger partial charge in [-0.2, -0.15) is 0 Å². The Bertz CT molecular complexity index is 748. The third-order valence-corrected chi connectivity index (χ3v) is 4.31. The summed E-state index contributed by atoms with van der Waals surface area (Å²) in [6.07, 6.45) is 1.76. The summed E-state index contributed by atoms with van der Waals surface area (Å²) in [6.45, 7) is 4.60. The maximum absolute atomic E-state index is 12.9. The molecule has 132 valence electrons. The molecular formula is C19H24N4O2.